The summed E-state index contributed by atoms with van der Waals surface area (Å²) in [6.07, 6.45) is 0.168. The Morgan fingerprint density at radius 1 is 1.67 bits per heavy atom. The Morgan fingerprint density at radius 2 is 2.33 bits per heavy atom. The number of carbonyl (C=O) groups is 1. The van der Waals surface area contributed by atoms with Crippen molar-refractivity contribution in [2.24, 2.45) is 0 Å². The second kappa shape index (κ2) is 5.63. The summed E-state index contributed by atoms with van der Waals surface area (Å²) in [5, 5.41) is 13.9. The van der Waals surface area contributed by atoms with Gasteiger partial charge >= 0.3 is 0 Å². The third kappa shape index (κ3) is 3.93. The molecule has 2 unspecified atom stereocenters. The topological polar surface area (TPSA) is 49.3 Å². The second-order valence-electron chi connectivity index (χ2n) is 3.56. The fourth-order valence-corrected chi connectivity index (χ4v) is 2.77. The van der Waals surface area contributed by atoms with Crippen molar-refractivity contribution in [3.05, 3.63) is 20.8 Å². The van der Waals surface area contributed by atoms with Crippen LogP contribution in [0.1, 0.15) is 29.9 Å². The third-order valence-electron chi connectivity index (χ3n) is 1.90. The molecule has 0 saturated carbocycles. The summed E-state index contributed by atoms with van der Waals surface area (Å²) in [4.78, 5) is 12.4. The van der Waals surface area contributed by atoms with E-state index in [0.717, 1.165) is 4.47 Å². The highest BCUT2D eigenvalue weighted by Gasteiger charge is 2.14. The lowest BCUT2D eigenvalue weighted by Gasteiger charge is -2.14. The highest BCUT2D eigenvalue weighted by molar-refractivity contribution is 9.10. The van der Waals surface area contributed by atoms with Crippen LogP contribution in [0.5, 0.6) is 0 Å². The third-order valence-corrected chi connectivity index (χ3v) is 3.73. The minimum absolute atomic E-state index is 0.0218. The van der Waals surface area contributed by atoms with Crippen molar-refractivity contribution in [3.8, 4) is 0 Å². The van der Waals surface area contributed by atoms with Crippen LogP contribution in [0.4, 0.5) is 0 Å². The molecular formula is C10H14BrNO2S. The monoisotopic (exact) mass is 291 g/mol. The van der Waals surface area contributed by atoms with E-state index in [4.69, 9.17) is 5.11 Å². The molecule has 1 aromatic rings. The van der Waals surface area contributed by atoms with Crippen LogP contribution in [-0.2, 0) is 0 Å². The Hall–Kier alpha value is -0.390. The highest BCUT2D eigenvalue weighted by Crippen LogP contribution is 2.22. The van der Waals surface area contributed by atoms with Gasteiger partial charge in [-0.1, -0.05) is 0 Å². The average Bonchev–Trinajstić information content (AvgIpc) is 2.49. The van der Waals surface area contributed by atoms with Gasteiger partial charge in [0.15, 0.2) is 0 Å². The summed E-state index contributed by atoms with van der Waals surface area (Å²) in [5.41, 5.74) is 0. The number of hydrogen-bond acceptors (Lipinski definition) is 3. The van der Waals surface area contributed by atoms with E-state index in [1.54, 1.807) is 6.92 Å². The number of carbonyl (C=O) groups excluding carboxylic acids is 1. The first-order valence-electron chi connectivity index (χ1n) is 4.72. The number of aliphatic hydroxyl groups excluding tert-OH is 1. The Morgan fingerprint density at radius 3 is 2.80 bits per heavy atom. The summed E-state index contributed by atoms with van der Waals surface area (Å²) in [5.74, 6) is -0.0926. The molecule has 0 saturated heterocycles. The van der Waals surface area contributed by atoms with Crippen molar-refractivity contribution in [1.82, 2.24) is 5.32 Å². The van der Waals surface area contributed by atoms with Gasteiger partial charge in [0.25, 0.3) is 5.91 Å². The van der Waals surface area contributed by atoms with Crippen LogP contribution < -0.4 is 5.32 Å². The molecule has 0 spiro atoms. The van der Waals surface area contributed by atoms with Crippen molar-refractivity contribution in [1.29, 1.82) is 0 Å². The molecule has 0 aliphatic heterocycles. The van der Waals surface area contributed by atoms with E-state index in [-0.39, 0.29) is 11.9 Å². The van der Waals surface area contributed by atoms with Crippen LogP contribution in [-0.4, -0.2) is 23.2 Å². The molecule has 84 valence electrons. The first-order valence-corrected chi connectivity index (χ1v) is 6.40. The largest absolute Gasteiger partial charge is 0.393 e. The van der Waals surface area contributed by atoms with E-state index in [0.29, 0.717) is 11.3 Å². The molecule has 1 rings (SSSR count). The van der Waals surface area contributed by atoms with Crippen molar-refractivity contribution < 1.29 is 9.90 Å². The standard InChI is InChI=1S/C10H14BrNO2S/c1-6(5-7(2)13)12-10(14)9-8(11)3-4-15-9/h3-4,6-7,13H,5H2,1-2H3,(H,12,14). The van der Waals surface area contributed by atoms with Crippen LogP contribution >= 0.6 is 27.3 Å². The lowest BCUT2D eigenvalue weighted by atomic mass is 10.1. The number of rotatable bonds is 4. The summed E-state index contributed by atoms with van der Waals surface area (Å²) in [6.45, 7) is 3.59. The van der Waals surface area contributed by atoms with Crippen molar-refractivity contribution in [2.75, 3.05) is 0 Å². The SMILES string of the molecule is CC(O)CC(C)NC(=O)c1sccc1Br. The summed E-state index contributed by atoms with van der Waals surface area (Å²) in [6, 6.07) is 1.82. The number of amides is 1. The van der Waals surface area contributed by atoms with E-state index in [1.165, 1.54) is 11.3 Å². The predicted octanol–water partition coefficient (Wildman–Crippen LogP) is 2.40. The molecule has 1 aromatic heterocycles. The number of halogens is 1. The van der Waals surface area contributed by atoms with Gasteiger partial charge in [-0.15, -0.1) is 11.3 Å². The number of thiophene rings is 1. The smallest absolute Gasteiger partial charge is 0.262 e. The van der Waals surface area contributed by atoms with E-state index < -0.39 is 6.10 Å². The van der Waals surface area contributed by atoms with Crippen LogP contribution in [0.3, 0.4) is 0 Å². The first-order chi connectivity index (χ1) is 7.00. The second-order valence-corrected chi connectivity index (χ2v) is 5.33. The summed E-state index contributed by atoms with van der Waals surface area (Å²) < 4.78 is 0.814. The molecular weight excluding hydrogens is 278 g/mol. The van der Waals surface area contributed by atoms with Crippen LogP contribution in [0.25, 0.3) is 0 Å². The fraction of sp³-hybridized carbons (Fsp3) is 0.500. The Balaban J connectivity index is 2.53. The van der Waals surface area contributed by atoms with Crippen molar-refractivity contribution >= 4 is 33.2 Å². The Kier molecular flexibility index (Phi) is 4.76. The molecule has 0 bridgehead atoms. The van der Waals surface area contributed by atoms with Gasteiger partial charge < -0.3 is 10.4 Å². The van der Waals surface area contributed by atoms with Crippen molar-refractivity contribution in [2.45, 2.75) is 32.4 Å². The van der Waals surface area contributed by atoms with Gasteiger partial charge in [0.1, 0.15) is 4.88 Å². The number of hydrogen-bond donors (Lipinski definition) is 2. The summed E-state index contributed by atoms with van der Waals surface area (Å²) in [7, 11) is 0. The zero-order chi connectivity index (χ0) is 11.4. The van der Waals surface area contributed by atoms with Gasteiger partial charge in [0.05, 0.1) is 6.10 Å². The molecule has 0 aliphatic rings. The quantitative estimate of drug-likeness (QED) is 0.895. The fourth-order valence-electron chi connectivity index (χ4n) is 1.32. The van der Waals surface area contributed by atoms with Gasteiger partial charge in [-0.2, -0.15) is 0 Å². The van der Waals surface area contributed by atoms with Gasteiger partial charge in [-0.25, -0.2) is 0 Å². The zero-order valence-corrected chi connectivity index (χ0v) is 11.1. The Bertz CT molecular complexity index is 338. The first kappa shape index (κ1) is 12.7. The molecule has 2 N–H and O–H groups in total. The Labute approximate surface area is 102 Å². The normalized spacial score (nSPS) is 14.7. The maximum atomic E-state index is 11.7. The molecule has 3 nitrogen and oxygen atoms in total. The molecule has 15 heavy (non-hydrogen) atoms. The number of aliphatic hydroxyl groups is 1. The minimum atomic E-state index is -0.396. The number of nitrogens with one attached hydrogen (secondary N) is 1. The molecule has 1 amide bonds. The van der Waals surface area contributed by atoms with Gasteiger partial charge in [0, 0.05) is 10.5 Å². The predicted molar refractivity (Wildman–Crippen MR) is 65.2 cm³/mol. The van der Waals surface area contributed by atoms with E-state index in [9.17, 15) is 4.79 Å². The van der Waals surface area contributed by atoms with E-state index in [1.807, 2.05) is 18.4 Å². The van der Waals surface area contributed by atoms with Crippen LogP contribution in [0, 0.1) is 0 Å². The molecule has 1 heterocycles. The minimum Gasteiger partial charge on any atom is -0.393 e. The highest BCUT2D eigenvalue weighted by atomic mass is 79.9. The molecule has 0 radical (unpaired) electrons. The average molecular weight is 292 g/mol. The molecule has 5 heteroatoms. The molecule has 0 aromatic carbocycles. The van der Waals surface area contributed by atoms with E-state index in [2.05, 4.69) is 21.2 Å². The van der Waals surface area contributed by atoms with Gasteiger partial charge in [0.2, 0.25) is 0 Å². The maximum absolute atomic E-state index is 11.7. The lowest BCUT2D eigenvalue weighted by molar-refractivity contribution is 0.0926. The molecule has 0 fully saturated rings. The summed E-state index contributed by atoms with van der Waals surface area (Å²) >= 11 is 4.70. The van der Waals surface area contributed by atoms with Gasteiger partial charge in [-0.05, 0) is 47.6 Å². The van der Waals surface area contributed by atoms with Crippen LogP contribution in [0.2, 0.25) is 0 Å². The van der Waals surface area contributed by atoms with Gasteiger partial charge in [-0.3, -0.25) is 4.79 Å². The van der Waals surface area contributed by atoms with Crippen LogP contribution in [0.15, 0.2) is 15.9 Å². The van der Waals surface area contributed by atoms with Crippen molar-refractivity contribution in [3.63, 3.8) is 0 Å². The zero-order valence-electron chi connectivity index (χ0n) is 8.66. The molecule has 0 aliphatic carbocycles. The molecule has 2 atom stereocenters. The maximum Gasteiger partial charge on any atom is 0.262 e. The van der Waals surface area contributed by atoms with E-state index >= 15 is 0 Å². The lowest BCUT2D eigenvalue weighted by Crippen LogP contribution is -2.34.